The Morgan fingerprint density at radius 2 is 2.31 bits per heavy atom. The largest absolute Gasteiger partial charge is 0.329 e. The fourth-order valence-corrected chi connectivity index (χ4v) is 1.48. The predicted octanol–water partition coefficient (Wildman–Crippen LogP) is 2.29. The summed E-state index contributed by atoms with van der Waals surface area (Å²) < 4.78 is 12.8. The van der Waals surface area contributed by atoms with Crippen molar-refractivity contribution in [1.82, 2.24) is 4.98 Å². The SMILES string of the molecule is CC(N)c1ccc(N2C=CC(F)=CC2)nc1. The Hall–Kier alpha value is -1.68. The molecule has 2 rings (SSSR count). The first-order chi connectivity index (χ1) is 7.66. The van der Waals surface area contributed by atoms with Gasteiger partial charge in [0.15, 0.2) is 0 Å². The second-order valence-electron chi connectivity index (χ2n) is 3.80. The topological polar surface area (TPSA) is 42.1 Å². The lowest BCUT2D eigenvalue weighted by atomic mass is 10.1. The summed E-state index contributed by atoms with van der Waals surface area (Å²) in [5.74, 6) is 0.591. The van der Waals surface area contributed by atoms with E-state index in [2.05, 4.69) is 4.98 Å². The summed E-state index contributed by atoms with van der Waals surface area (Å²) in [5, 5.41) is 0. The highest BCUT2D eigenvalue weighted by Gasteiger charge is 2.08. The van der Waals surface area contributed by atoms with Crippen LogP contribution >= 0.6 is 0 Å². The zero-order valence-corrected chi connectivity index (χ0v) is 9.10. The normalized spacial score (nSPS) is 17.2. The van der Waals surface area contributed by atoms with E-state index in [9.17, 15) is 4.39 Å². The molecule has 0 aromatic carbocycles. The quantitative estimate of drug-likeness (QED) is 0.829. The first-order valence-corrected chi connectivity index (χ1v) is 5.19. The molecule has 0 amide bonds. The van der Waals surface area contributed by atoms with E-state index in [4.69, 9.17) is 5.73 Å². The van der Waals surface area contributed by atoms with E-state index >= 15 is 0 Å². The molecule has 4 heteroatoms. The van der Waals surface area contributed by atoms with Gasteiger partial charge in [0, 0.05) is 25.0 Å². The van der Waals surface area contributed by atoms with Crippen molar-refractivity contribution in [2.75, 3.05) is 11.4 Å². The molecule has 1 aromatic heterocycles. The van der Waals surface area contributed by atoms with Crippen LogP contribution in [0, 0.1) is 0 Å². The second kappa shape index (κ2) is 4.45. The van der Waals surface area contributed by atoms with Gasteiger partial charge in [-0.25, -0.2) is 9.37 Å². The van der Waals surface area contributed by atoms with Gasteiger partial charge in [0.1, 0.15) is 11.6 Å². The van der Waals surface area contributed by atoms with Gasteiger partial charge in [0.25, 0.3) is 0 Å². The fraction of sp³-hybridized carbons (Fsp3) is 0.250. The van der Waals surface area contributed by atoms with Crippen LogP contribution in [0.3, 0.4) is 0 Å². The maximum Gasteiger partial charge on any atom is 0.132 e. The summed E-state index contributed by atoms with van der Waals surface area (Å²) >= 11 is 0. The molecule has 1 aliphatic heterocycles. The number of hydrogen-bond donors (Lipinski definition) is 1. The smallest absolute Gasteiger partial charge is 0.132 e. The third kappa shape index (κ3) is 2.28. The van der Waals surface area contributed by atoms with Gasteiger partial charge < -0.3 is 10.6 Å². The third-order valence-electron chi connectivity index (χ3n) is 2.49. The lowest BCUT2D eigenvalue weighted by molar-refractivity contribution is 0.656. The van der Waals surface area contributed by atoms with Gasteiger partial charge in [-0.1, -0.05) is 6.07 Å². The van der Waals surface area contributed by atoms with E-state index in [-0.39, 0.29) is 11.9 Å². The van der Waals surface area contributed by atoms with E-state index in [1.807, 2.05) is 24.0 Å². The van der Waals surface area contributed by atoms with Gasteiger partial charge in [-0.15, -0.1) is 0 Å². The van der Waals surface area contributed by atoms with Crippen LogP contribution < -0.4 is 10.6 Å². The van der Waals surface area contributed by atoms with Crippen molar-refractivity contribution in [2.24, 2.45) is 5.73 Å². The molecule has 1 atom stereocenters. The Morgan fingerprint density at radius 3 is 2.81 bits per heavy atom. The second-order valence-corrected chi connectivity index (χ2v) is 3.80. The average molecular weight is 219 g/mol. The van der Waals surface area contributed by atoms with E-state index in [0.29, 0.717) is 6.54 Å². The average Bonchev–Trinajstić information content (AvgIpc) is 2.30. The molecule has 0 fully saturated rings. The van der Waals surface area contributed by atoms with Crippen LogP contribution in [0.15, 0.2) is 42.5 Å². The monoisotopic (exact) mass is 219 g/mol. The van der Waals surface area contributed by atoms with Crippen molar-refractivity contribution in [3.05, 3.63) is 48.1 Å². The first-order valence-electron chi connectivity index (χ1n) is 5.19. The number of hydrogen-bond acceptors (Lipinski definition) is 3. The molecule has 0 spiro atoms. The number of pyridine rings is 1. The Kier molecular flexibility index (Phi) is 3.01. The maximum atomic E-state index is 12.8. The molecule has 1 aliphatic rings. The first kappa shape index (κ1) is 10.8. The number of rotatable bonds is 2. The van der Waals surface area contributed by atoms with Crippen LogP contribution in [-0.2, 0) is 0 Å². The maximum absolute atomic E-state index is 12.8. The summed E-state index contributed by atoms with van der Waals surface area (Å²) in [6, 6.07) is 3.81. The van der Waals surface area contributed by atoms with Crippen LogP contribution in [-0.4, -0.2) is 11.5 Å². The molecule has 2 N–H and O–H groups in total. The highest BCUT2D eigenvalue weighted by atomic mass is 19.1. The number of anilines is 1. The number of nitrogens with two attached hydrogens (primary N) is 1. The van der Waals surface area contributed by atoms with E-state index < -0.39 is 0 Å². The highest BCUT2D eigenvalue weighted by molar-refractivity contribution is 5.46. The summed E-state index contributed by atoms with van der Waals surface area (Å²) in [5.41, 5.74) is 6.73. The molecule has 3 nitrogen and oxygen atoms in total. The standard InChI is InChI=1S/C12H14FN3/c1-9(14)10-2-3-12(15-8-10)16-6-4-11(13)5-7-16/h2-6,8-9H,7,14H2,1H3. The van der Waals surface area contributed by atoms with Gasteiger partial charge in [-0.05, 0) is 30.7 Å². The van der Waals surface area contributed by atoms with Gasteiger partial charge in [-0.2, -0.15) is 0 Å². The van der Waals surface area contributed by atoms with Crippen LogP contribution in [0.25, 0.3) is 0 Å². The third-order valence-corrected chi connectivity index (χ3v) is 2.49. The zero-order valence-electron chi connectivity index (χ0n) is 9.10. The number of aromatic nitrogens is 1. The molecule has 16 heavy (non-hydrogen) atoms. The number of allylic oxidation sites excluding steroid dienone is 2. The lowest BCUT2D eigenvalue weighted by Gasteiger charge is -2.20. The molecule has 2 heterocycles. The molecular weight excluding hydrogens is 205 g/mol. The molecule has 0 aliphatic carbocycles. The molecule has 1 unspecified atom stereocenters. The fourth-order valence-electron chi connectivity index (χ4n) is 1.48. The summed E-state index contributed by atoms with van der Waals surface area (Å²) in [7, 11) is 0. The molecule has 0 radical (unpaired) electrons. The minimum absolute atomic E-state index is 0.0178. The summed E-state index contributed by atoms with van der Waals surface area (Å²) in [6.07, 6.45) is 6.37. The van der Waals surface area contributed by atoms with Crippen LogP contribution in [0.4, 0.5) is 10.2 Å². The molecule has 0 saturated carbocycles. The summed E-state index contributed by atoms with van der Waals surface area (Å²) in [4.78, 5) is 6.16. The van der Waals surface area contributed by atoms with Crippen molar-refractivity contribution in [2.45, 2.75) is 13.0 Å². The van der Waals surface area contributed by atoms with Crippen molar-refractivity contribution in [3.63, 3.8) is 0 Å². The Balaban J connectivity index is 2.14. The number of nitrogens with zero attached hydrogens (tertiary/aromatic N) is 2. The molecular formula is C12H14FN3. The molecule has 0 saturated heterocycles. The van der Waals surface area contributed by atoms with Crippen LogP contribution in [0.1, 0.15) is 18.5 Å². The van der Waals surface area contributed by atoms with E-state index in [1.165, 1.54) is 12.2 Å². The minimum Gasteiger partial charge on any atom is -0.329 e. The number of halogens is 1. The lowest BCUT2D eigenvalue weighted by Crippen LogP contribution is -2.19. The molecule has 1 aromatic rings. The zero-order chi connectivity index (χ0) is 11.5. The minimum atomic E-state index is -0.205. The van der Waals surface area contributed by atoms with Gasteiger partial charge in [-0.3, -0.25) is 0 Å². The summed E-state index contributed by atoms with van der Waals surface area (Å²) in [6.45, 7) is 2.42. The van der Waals surface area contributed by atoms with E-state index in [0.717, 1.165) is 11.4 Å². The van der Waals surface area contributed by atoms with Crippen molar-refractivity contribution in [1.29, 1.82) is 0 Å². The van der Waals surface area contributed by atoms with Gasteiger partial charge in [0.2, 0.25) is 0 Å². The van der Waals surface area contributed by atoms with Gasteiger partial charge >= 0.3 is 0 Å². The molecule has 84 valence electrons. The Bertz CT molecular complexity index is 420. The van der Waals surface area contributed by atoms with Crippen molar-refractivity contribution in [3.8, 4) is 0 Å². The predicted molar refractivity (Wildman–Crippen MR) is 62.5 cm³/mol. The van der Waals surface area contributed by atoms with Gasteiger partial charge in [0.05, 0.1) is 0 Å². The Labute approximate surface area is 94.1 Å². The van der Waals surface area contributed by atoms with Crippen LogP contribution in [0.2, 0.25) is 0 Å². The molecule has 0 bridgehead atoms. The van der Waals surface area contributed by atoms with Crippen molar-refractivity contribution < 1.29 is 4.39 Å². The van der Waals surface area contributed by atoms with Crippen LogP contribution in [0.5, 0.6) is 0 Å². The van der Waals surface area contributed by atoms with E-state index in [1.54, 1.807) is 12.4 Å². The highest BCUT2D eigenvalue weighted by Crippen LogP contribution is 2.18. The van der Waals surface area contributed by atoms with Crippen molar-refractivity contribution >= 4 is 5.82 Å². The Morgan fingerprint density at radius 1 is 1.50 bits per heavy atom.